The molecule has 0 bridgehead atoms. The number of H-pyrrole nitrogens is 1. The number of halogens is 2. The van der Waals surface area contributed by atoms with Crippen molar-refractivity contribution in [2.75, 3.05) is 23.7 Å². The number of fused-ring (bicyclic) bond motifs is 1. The maximum atomic E-state index is 13.5. The van der Waals surface area contributed by atoms with Crippen molar-refractivity contribution in [3.8, 4) is 0 Å². The molecule has 0 aliphatic carbocycles. The Labute approximate surface area is 217 Å². The largest absolute Gasteiger partial charge is 0.351 e. The molecule has 0 radical (unpaired) electrons. The minimum absolute atomic E-state index is 0.0958. The lowest BCUT2D eigenvalue weighted by Gasteiger charge is -2.32. The van der Waals surface area contributed by atoms with Crippen molar-refractivity contribution in [1.29, 1.82) is 0 Å². The van der Waals surface area contributed by atoms with Gasteiger partial charge in [-0.25, -0.2) is 8.78 Å². The Balaban J connectivity index is 1.11. The monoisotopic (exact) mass is 516 g/mol. The summed E-state index contributed by atoms with van der Waals surface area (Å²) in [6, 6.07) is 18.9. The van der Waals surface area contributed by atoms with Gasteiger partial charge in [-0.05, 0) is 85.0 Å². The van der Waals surface area contributed by atoms with E-state index in [1.165, 1.54) is 36.4 Å². The molecule has 3 N–H and O–H groups in total. The van der Waals surface area contributed by atoms with Crippen molar-refractivity contribution in [3.63, 3.8) is 0 Å². The highest BCUT2D eigenvalue weighted by atomic mass is 19.1. The summed E-state index contributed by atoms with van der Waals surface area (Å²) in [7, 11) is 0. The fourth-order valence-corrected chi connectivity index (χ4v) is 4.73. The molecule has 9 heteroatoms. The number of amides is 3. The van der Waals surface area contributed by atoms with Crippen LogP contribution < -0.4 is 10.6 Å². The number of nitrogens with one attached hydrogen (secondary N) is 3. The van der Waals surface area contributed by atoms with Gasteiger partial charge in [0.2, 0.25) is 11.8 Å². The maximum absolute atomic E-state index is 13.5. The zero-order chi connectivity index (χ0) is 26.6. The number of hydrogen-bond donors (Lipinski definition) is 3. The van der Waals surface area contributed by atoms with Crippen LogP contribution in [0.15, 0.2) is 72.8 Å². The molecule has 2 heterocycles. The van der Waals surface area contributed by atoms with E-state index >= 15 is 0 Å². The first kappa shape index (κ1) is 25.1. The molecule has 1 fully saturated rings. The van der Waals surface area contributed by atoms with Crippen molar-refractivity contribution in [3.05, 3.63) is 95.7 Å². The van der Waals surface area contributed by atoms with E-state index in [0.29, 0.717) is 35.5 Å². The number of likely N-dealkylation sites (tertiary alicyclic amines) is 1. The second-order valence-corrected chi connectivity index (χ2v) is 9.38. The van der Waals surface area contributed by atoms with Crippen LogP contribution in [0.4, 0.5) is 20.2 Å². The van der Waals surface area contributed by atoms with Crippen LogP contribution in [0, 0.1) is 11.6 Å². The molecule has 194 valence electrons. The van der Waals surface area contributed by atoms with Crippen molar-refractivity contribution in [1.82, 2.24) is 9.88 Å². The van der Waals surface area contributed by atoms with Crippen molar-refractivity contribution in [2.45, 2.75) is 25.2 Å². The van der Waals surface area contributed by atoms with Crippen LogP contribution in [0.5, 0.6) is 0 Å². The number of piperidine rings is 1. The highest BCUT2D eigenvalue weighted by Gasteiger charge is 2.25. The standard InChI is InChI=1S/C29H26F2N4O3/c30-21-3-8-24(9-4-21)33-28(37)17-27(36)32-23-6-1-18(2-7-23)19-11-13-35(14-12-19)29(38)26-16-20-15-22(31)5-10-25(20)34-26/h1-10,15-16,19,34H,11-14,17H2,(H,32,36)(H,33,37). The Morgan fingerprint density at radius 1 is 0.789 bits per heavy atom. The molecule has 1 aliphatic heterocycles. The number of carbonyl (C=O) groups is 3. The van der Waals surface area contributed by atoms with E-state index in [9.17, 15) is 23.2 Å². The normalized spacial score (nSPS) is 13.9. The van der Waals surface area contributed by atoms with Crippen molar-refractivity contribution < 1.29 is 23.2 Å². The van der Waals surface area contributed by atoms with E-state index in [0.717, 1.165) is 23.9 Å². The maximum Gasteiger partial charge on any atom is 0.270 e. The minimum Gasteiger partial charge on any atom is -0.351 e. The van der Waals surface area contributed by atoms with Crippen LogP contribution in [0.1, 0.15) is 41.2 Å². The smallest absolute Gasteiger partial charge is 0.270 e. The third-order valence-electron chi connectivity index (χ3n) is 6.71. The summed E-state index contributed by atoms with van der Waals surface area (Å²) in [6.45, 7) is 1.21. The number of anilines is 2. The Morgan fingerprint density at radius 3 is 2.00 bits per heavy atom. The number of aromatic nitrogens is 1. The SMILES string of the molecule is O=C(CC(=O)Nc1ccc(C2CCN(C(=O)c3cc4cc(F)ccc4[nH]3)CC2)cc1)Nc1ccc(F)cc1. The van der Waals surface area contributed by atoms with Gasteiger partial charge in [0.05, 0.1) is 0 Å². The van der Waals surface area contributed by atoms with E-state index in [1.54, 1.807) is 24.3 Å². The van der Waals surface area contributed by atoms with E-state index in [1.807, 2.05) is 17.0 Å². The van der Waals surface area contributed by atoms with E-state index in [4.69, 9.17) is 0 Å². The van der Waals surface area contributed by atoms with Crippen LogP contribution in [0.2, 0.25) is 0 Å². The van der Waals surface area contributed by atoms with Gasteiger partial charge in [-0.1, -0.05) is 12.1 Å². The summed E-state index contributed by atoms with van der Waals surface area (Å²) < 4.78 is 26.4. The lowest BCUT2D eigenvalue weighted by Crippen LogP contribution is -2.38. The fraction of sp³-hybridized carbons (Fsp3) is 0.207. The third-order valence-corrected chi connectivity index (χ3v) is 6.71. The highest BCUT2D eigenvalue weighted by molar-refractivity contribution is 6.08. The molecule has 3 amide bonds. The number of carbonyl (C=O) groups excluding carboxylic acids is 3. The molecule has 0 spiro atoms. The zero-order valence-corrected chi connectivity index (χ0v) is 20.5. The highest BCUT2D eigenvalue weighted by Crippen LogP contribution is 2.30. The second-order valence-electron chi connectivity index (χ2n) is 9.38. The molecule has 5 rings (SSSR count). The summed E-state index contributed by atoms with van der Waals surface area (Å²) in [4.78, 5) is 42.2. The molecular weight excluding hydrogens is 490 g/mol. The van der Waals surface area contributed by atoms with Gasteiger partial charge in [0, 0.05) is 35.4 Å². The van der Waals surface area contributed by atoms with E-state index in [-0.39, 0.29) is 24.1 Å². The van der Waals surface area contributed by atoms with Gasteiger partial charge < -0.3 is 20.5 Å². The average molecular weight is 517 g/mol. The molecule has 3 aromatic carbocycles. The first-order valence-electron chi connectivity index (χ1n) is 12.4. The number of nitrogens with zero attached hydrogens (tertiary/aromatic N) is 1. The number of benzene rings is 3. The zero-order valence-electron chi connectivity index (χ0n) is 20.5. The van der Waals surface area contributed by atoms with Gasteiger partial charge in [-0.3, -0.25) is 14.4 Å². The molecule has 4 aromatic rings. The second kappa shape index (κ2) is 10.8. The Hall–Kier alpha value is -4.53. The van der Waals surface area contributed by atoms with Crippen molar-refractivity contribution in [2.24, 2.45) is 0 Å². The van der Waals surface area contributed by atoms with Crippen molar-refractivity contribution >= 4 is 40.0 Å². The first-order chi connectivity index (χ1) is 18.3. The molecule has 38 heavy (non-hydrogen) atoms. The molecule has 0 saturated carbocycles. The van der Waals surface area contributed by atoms with E-state index in [2.05, 4.69) is 15.6 Å². The Bertz CT molecular complexity index is 1470. The van der Waals surface area contributed by atoms with Gasteiger partial charge in [0.15, 0.2) is 0 Å². The average Bonchev–Trinajstić information content (AvgIpc) is 3.33. The molecule has 7 nitrogen and oxygen atoms in total. The number of hydrogen-bond acceptors (Lipinski definition) is 3. The van der Waals surface area contributed by atoms with Crippen LogP contribution in [-0.4, -0.2) is 40.7 Å². The van der Waals surface area contributed by atoms with Gasteiger partial charge >= 0.3 is 0 Å². The van der Waals surface area contributed by atoms with Crippen LogP contribution >= 0.6 is 0 Å². The number of rotatable bonds is 6. The van der Waals surface area contributed by atoms with Crippen LogP contribution in [-0.2, 0) is 9.59 Å². The summed E-state index contributed by atoms with van der Waals surface area (Å²) in [5.41, 5.74) is 3.29. The van der Waals surface area contributed by atoms with Gasteiger partial charge in [-0.15, -0.1) is 0 Å². The quantitative estimate of drug-likeness (QED) is 0.298. The van der Waals surface area contributed by atoms with Gasteiger partial charge in [0.1, 0.15) is 23.7 Å². The lowest BCUT2D eigenvalue weighted by atomic mass is 9.89. The van der Waals surface area contributed by atoms with Crippen LogP contribution in [0.3, 0.4) is 0 Å². The molecule has 0 unspecified atom stereocenters. The molecular formula is C29H26F2N4O3. The molecule has 1 aromatic heterocycles. The minimum atomic E-state index is -0.494. The van der Waals surface area contributed by atoms with Gasteiger partial charge in [0.25, 0.3) is 5.91 Å². The summed E-state index contributed by atoms with van der Waals surface area (Å²) in [5, 5.41) is 5.94. The molecule has 0 atom stereocenters. The first-order valence-corrected chi connectivity index (χ1v) is 12.4. The predicted octanol–water partition coefficient (Wildman–Crippen LogP) is 5.43. The Morgan fingerprint density at radius 2 is 1.37 bits per heavy atom. The van der Waals surface area contributed by atoms with Crippen LogP contribution in [0.25, 0.3) is 10.9 Å². The topological polar surface area (TPSA) is 94.3 Å². The third kappa shape index (κ3) is 5.88. The summed E-state index contributed by atoms with van der Waals surface area (Å²) >= 11 is 0. The Kier molecular flexibility index (Phi) is 7.17. The number of aromatic amines is 1. The molecule has 1 saturated heterocycles. The predicted molar refractivity (Wildman–Crippen MR) is 141 cm³/mol. The summed E-state index contributed by atoms with van der Waals surface area (Å²) in [6.07, 6.45) is 1.24. The summed E-state index contributed by atoms with van der Waals surface area (Å²) in [5.74, 6) is -1.51. The fourth-order valence-electron chi connectivity index (χ4n) is 4.73. The molecule has 1 aliphatic rings. The lowest BCUT2D eigenvalue weighted by molar-refractivity contribution is -0.123. The van der Waals surface area contributed by atoms with Gasteiger partial charge in [-0.2, -0.15) is 0 Å². The van der Waals surface area contributed by atoms with E-state index < -0.39 is 17.6 Å².